The first-order valence-electron chi connectivity index (χ1n) is 8.63. The molecule has 24 heavy (non-hydrogen) atoms. The Labute approximate surface area is 146 Å². The molecule has 0 spiro atoms. The molecule has 128 valence electrons. The van der Waals surface area contributed by atoms with Crippen molar-refractivity contribution < 1.29 is 4.79 Å². The monoisotopic (exact) mass is 323 g/mol. The third-order valence-electron chi connectivity index (χ3n) is 4.50. The molecule has 1 atom stereocenters. The van der Waals surface area contributed by atoms with Crippen LogP contribution >= 0.6 is 0 Å². The number of amides is 1. The van der Waals surface area contributed by atoms with E-state index in [0.717, 1.165) is 11.1 Å². The smallest absolute Gasteiger partial charge is 0.224 e. The summed E-state index contributed by atoms with van der Waals surface area (Å²) in [7, 11) is 0. The summed E-state index contributed by atoms with van der Waals surface area (Å²) in [5.41, 5.74) is 6.08. The zero-order valence-electron chi connectivity index (χ0n) is 15.7. The van der Waals surface area contributed by atoms with Gasteiger partial charge in [-0.3, -0.25) is 4.79 Å². The van der Waals surface area contributed by atoms with E-state index in [-0.39, 0.29) is 17.4 Å². The Kier molecular flexibility index (Phi) is 5.48. The number of carbonyl (C=O) groups is 1. The summed E-state index contributed by atoms with van der Waals surface area (Å²) in [5.74, 6) is 0.0642. The first-order chi connectivity index (χ1) is 11.2. The first kappa shape index (κ1) is 18.3. The molecule has 0 aromatic heterocycles. The molecule has 2 aromatic rings. The molecule has 1 N–H and O–H groups in total. The Hall–Kier alpha value is -2.09. The molecular weight excluding hydrogens is 294 g/mol. The van der Waals surface area contributed by atoms with Gasteiger partial charge in [0.05, 0.1) is 12.5 Å². The van der Waals surface area contributed by atoms with Crippen molar-refractivity contribution in [3.8, 4) is 0 Å². The van der Waals surface area contributed by atoms with Gasteiger partial charge < -0.3 is 5.32 Å². The van der Waals surface area contributed by atoms with Gasteiger partial charge in [-0.05, 0) is 48.4 Å². The molecule has 0 aliphatic rings. The fraction of sp³-hybridized carbons (Fsp3) is 0.409. The number of hydrogen-bond donors (Lipinski definition) is 1. The lowest BCUT2D eigenvalue weighted by Crippen LogP contribution is -2.28. The van der Waals surface area contributed by atoms with Crippen molar-refractivity contribution in [2.24, 2.45) is 0 Å². The van der Waals surface area contributed by atoms with Gasteiger partial charge in [-0.1, -0.05) is 68.8 Å². The van der Waals surface area contributed by atoms with E-state index in [0.29, 0.717) is 6.42 Å². The van der Waals surface area contributed by atoms with Gasteiger partial charge in [-0.15, -0.1) is 0 Å². The standard InChI is InChI=1S/C22H29NO/c1-15-7-8-19(16(2)13-15)14-21(24)23-17(3)18-9-11-20(12-10-18)22(4,5)6/h7-13,17H,14H2,1-6H3,(H,23,24)/t17-/m1/s1. The Morgan fingerprint density at radius 1 is 1.04 bits per heavy atom. The second-order valence-corrected chi connectivity index (χ2v) is 7.77. The van der Waals surface area contributed by atoms with Crippen LogP contribution in [0.4, 0.5) is 0 Å². The number of benzene rings is 2. The normalized spacial score (nSPS) is 12.8. The Balaban J connectivity index is 2.01. The summed E-state index contributed by atoms with van der Waals surface area (Å²) in [6, 6.07) is 14.8. The van der Waals surface area contributed by atoms with Crippen LogP contribution in [-0.2, 0) is 16.6 Å². The highest BCUT2D eigenvalue weighted by molar-refractivity contribution is 5.79. The maximum absolute atomic E-state index is 12.3. The summed E-state index contributed by atoms with van der Waals surface area (Å²) in [6.45, 7) is 12.8. The summed E-state index contributed by atoms with van der Waals surface area (Å²) in [6.07, 6.45) is 0.427. The van der Waals surface area contributed by atoms with Gasteiger partial charge in [0.15, 0.2) is 0 Å². The molecule has 0 aliphatic carbocycles. The number of aryl methyl sites for hydroxylation is 2. The lowest BCUT2D eigenvalue weighted by atomic mass is 9.86. The molecule has 0 heterocycles. The Morgan fingerprint density at radius 3 is 2.21 bits per heavy atom. The van der Waals surface area contributed by atoms with Crippen LogP contribution in [0.1, 0.15) is 61.6 Å². The minimum Gasteiger partial charge on any atom is -0.349 e. The van der Waals surface area contributed by atoms with E-state index in [1.54, 1.807) is 0 Å². The van der Waals surface area contributed by atoms with Crippen molar-refractivity contribution in [3.63, 3.8) is 0 Å². The van der Waals surface area contributed by atoms with E-state index in [1.807, 2.05) is 13.0 Å². The summed E-state index contributed by atoms with van der Waals surface area (Å²) >= 11 is 0. The maximum Gasteiger partial charge on any atom is 0.224 e. The van der Waals surface area contributed by atoms with E-state index in [9.17, 15) is 4.79 Å². The first-order valence-corrected chi connectivity index (χ1v) is 8.63. The molecule has 0 bridgehead atoms. The van der Waals surface area contributed by atoms with Gasteiger partial charge in [-0.25, -0.2) is 0 Å². The number of nitrogens with one attached hydrogen (secondary N) is 1. The quantitative estimate of drug-likeness (QED) is 0.841. The SMILES string of the molecule is Cc1ccc(CC(=O)N[C@H](C)c2ccc(C(C)(C)C)cc2)c(C)c1. The molecule has 0 saturated carbocycles. The molecule has 0 fully saturated rings. The van der Waals surface area contributed by atoms with Crippen LogP contribution in [0.15, 0.2) is 42.5 Å². The molecule has 1 amide bonds. The zero-order valence-corrected chi connectivity index (χ0v) is 15.7. The van der Waals surface area contributed by atoms with Gasteiger partial charge in [0.1, 0.15) is 0 Å². The fourth-order valence-corrected chi connectivity index (χ4v) is 2.86. The van der Waals surface area contributed by atoms with Gasteiger partial charge in [0, 0.05) is 0 Å². The summed E-state index contributed by atoms with van der Waals surface area (Å²) in [5, 5.41) is 3.11. The highest BCUT2D eigenvalue weighted by Crippen LogP contribution is 2.24. The maximum atomic E-state index is 12.3. The average Bonchev–Trinajstić information content (AvgIpc) is 2.49. The van der Waals surface area contributed by atoms with Crippen molar-refractivity contribution in [1.29, 1.82) is 0 Å². The highest BCUT2D eigenvalue weighted by Gasteiger charge is 2.15. The number of rotatable bonds is 4. The predicted molar refractivity (Wildman–Crippen MR) is 101 cm³/mol. The van der Waals surface area contributed by atoms with E-state index < -0.39 is 0 Å². The second-order valence-electron chi connectivity index (χ2n) is 7.77. The van der Waals surface area contributed by atoms with Crippen molar-refractivity contribution in [1.82, 2.24) is 5.32 Å². The molecule has 2 rings (SSSR count). The van der Waals surface area contributed by atoms with Crippen LogP contribution in [0.2, 0.25) is 0 Å². The molecular formula is C22H29NO. The third kappa shape index (κ3) is 4.70. The van der Waals surface area contributed by atoms with Crippen molar-refractivity contribution >= 4 is 5.91 Å². The van der Waals surface area contributed by atoms with Gasteiger partial charge >= 0.3 is 0 Å². The van der Waals surface area contributed by atoms with Crippen molar-refractivity contribution in [2.45, 2.75) is 59.4 Å². The number of hydrogen-bond acceptors (Lipinski definition) is 1. The Bertz CT molecular complexity index is 708. The van der Waals surface area contributed by atoms with Crippen LogP contribution in [0.5, 0.6) is 0 Å². The molecule has 2 heteroatoms. The third-order valence-corrected chi connectivity index (χ3v) is 4.50. The minimum absolute atomic E-state index is 0.0114. The van der Waals surface area contributed by atoms with E-state index in [2.05, 4.69) is 76.3 Å². The molecule has 2 aromatic carbocycles. The van der Waals surface area contributed by atoms with E-state index in [1.165, 1.54) is 16.7 Å². The number of carbonyl (C=O) groups excluding carboxylic acids is 1. The lowest BCUT2D eigenvalue weighted by Gasteiger charge is -2.21. The van der Waals surface area contributed by atoms with Gasteiger partial charge in [-0.2, -0.15) is 0 Å². The van der Waals surface area contributed by atoms with Crippen LogP contribution in [0.3, 0.4) is 0 Å². The zero-order chi connectivity index (χ0) is 17.9. The molecule has 0 saturated heterocycles. The Morgan fingerprint density at radius 2 is 1.67 bits per heavy atom. The van der Waals surface area contributed by atoms with Crippen LogP contribution in [-0.4, -0.2) is 5.91 Å². The molecule has 0 unspecified atom stereocenters. The molecule has 0 radical (unpaired) electrons. The highest BCUT2D eigenvalue weighted by atomic mass is 16.1. The fourth-order valence-electron chi connectivity index (χ4n) is 2.86. The van der Waals surface area contributed by atoms with Crippen LogP contribution in [0.25, 0.3) is 0 Å². The predicted octanol–water partition coefficient (Wildman–Crippen LogP) is 5.02. The van der Waals surface area contributed by atoms with Gasteiger partial charge in [0.25, 0.3) is 0 Å². The van der Waals surface area contributed by atoms with E-state index in [4.69, 9.17) is 0 Å². The van der Waals surface area contributed by atoms with E-state index >= 15 is 0 Å². The second kappa shape index (κ2) is 7.21. The van der Waals surface area contributed by atoms with Crippen LogP contribution < -0.4 is 5.32 Å². The minimum atomic E-state index is 0.0114. The largest absolute Gasteiger partial charge is 0.349 e. The topological polar surface area (TPSA) is 29.1 Å². The molecule has 2 nitrogen and oxygen atoms in total. The van der Waals surface area contributed by atoms with Crippen LogP contribution in [0, 0.1) is 13.8 Å². The summed E-state index contributed by atoms with van der Waals surface area (Å²) in [4.78, 5) is 12.3. The molecule has 0 aliphatic heterocycles. The van der Waals surface area contributed by atoms with Crippen molar-refractivity contribution in [2.75, 3.05) is 0 Å². The summed E-state index contributed by atoms with van der Waals surface area (Å²) < 4.78 is 0. The average molecular weight is 323 g/mol. The lowest BCUT2D eigenvalue weighted by molar-refractivity contribution is -0.121. The van der Waals surface area contributed by atoms with Crippen molar-refractivity contribution in [3.05, 3.63) is 70.3 Å². The van der Waals surface area contributed by atoms with Gasteiger partial charge in [0.2, 0.25) is 5.91 Å².